The largest absolute Gasteiger partial charge is 0.477 e. The van der Waals surface area contributed by atoms with Gasteiger partial charge in [0.25, 0.3) is 0 Å². The molecule has 1 aromatic rings. The molecule has 0 aliphatic heterocycles. The number of rotatable bonds is 5. The average Bonchev–Trinajstić information content (AvgIpc) is 2.57. The first-order chi connectivity index (χ1) is 8.75. The zero-order valence-electron chi connectivity index (χ0n) is 10.1. The summed E-state index contributed by atoms with van der Waals surface area (Å²) < 4.78 is 31.1. The maximum atomic E-state index is 11.5. The molecule has 0 radical (unpaired) electrons. The number of hydrogen-bond donors (Lipinski definition) is 3. The van der Waals surface area contributed by atoms with E-state index < -0.39 is 22.3 Å². The number of carbonyl (C=O) groups is 2. The third kappa shape index (κ3) is 4.41. The smallest absolute Gasteiger partial charge is 0.422 e. The highest BCUT2D eigenvalue weighted by molar-refractivity contribution is 7.91. The highest BCUT2D eigenvalue weighted by Gasteiger charge is 2.18. The molecule has 19 heavy (non-hydrogen) atoms. The molecule has 0 aliphatic rings. The van der Waals surface area contributed by atoms with Crippen molar-refractivity contribution >= 4 is 38.6 Å². The molecule has 0 aromatic carbocycles. The summed E-state index contributed by atoms with van der Waals surface area (Å²) in [7, 11) is -4.14. The Morgan fingerprint density at radius 2 is 2.11 bits per heavy atom. The van der Waals surface area contributed by atoms with Gasteiger partial charge >= 0.3 is 22.3 Å². The molecule has 0 fully saturated rings. The fourth-order valence-electron chi connectivity index (χ4n) is 1.17. The van der Waals surface area contributed by atoms with Gasteiger partial charge in [0.15, 0.2) is 0 Å². The van der Waals surface area contributed by atoms with E-state index >= 15 is 0 Å². The summed E-state index contributed by atoms with van der Waals surface area (Å²) in [6, 6.07) is 1.36. The van der Waals surface area contributed by atoms with Crippen LogP contribution >= 0.6 is 11.3 Å². The van der Waals surface area contributed by atoms with Crippen molar-refractivity contribution in [3.63, 3.8) is 0 Å². The molecular formula is C9H12N2O6S2. The van der Waals surface area contributed by atoms with Gasteiger partial charge < -0.3 is 9.84 Å². The third-order valence-electron chi connectivity index (χ3n) is 1.84. The Hall–Kier alpha value is -1.81. The third-order valence-corrected chi connectivity index (χ3v) is 4.03. The van der Waals surface area contributed by atoms with Gasteiger partial charge in [-0.05, 0) is 25.5 Å². The van der Waals surface area contributed by atoms with Crippen LogP contribution in [-0.4, -0.2) is 32.2 Å². The van der Waals surface area contributed by atoms with E-state index in [9.17, 15) is 18.0 Å². The van der Waals surface area contributed by atoms with Gasteiger partial charge in [-0.25, -0.2) is 14.3 Å². The van der Waals surface area contributed by atoms with Gasteiger partial charge in [0.05, 0.1) is 6.61 Å². The van der Waals surface area contributed by atoms with E-state index in [1.165, 1.54) is 19.9 Å². The quantitative estimate of drug-likeness (QED) is 0.750. The van der Waals surface area contributed by atoms with Crippen LogP contribution in [0.5, 0.6) is 0 Å². The van der Waals surface area contributed by atoms with Crippen LogP contribution in [0.3, 0.4) is 0 Å². The topological polar surface area (TPSA) is 122 Å². The molecule has 106 valence electrons. The van der Waals surface area contributed by atoms with Crippen LogP contribution < -0.4 is 9.44 Å². The van der Waals surface area contributed by atoms with Gasteiger partial charge in [0, 0.05) is 0 Å². The van der Waals surface area contributed by atoms with E-state index in [1.807, 2.05) is 4.72 Å². The standard InChI is InChI=1S/C9H12N2O6S2/c1-3-17-9(14)11-19(15,16)10-6-4-5(2)7(18-6)8(12)13/h4,10H,3H2,1-2H3,(H,11,14)(H,12,13). The molecule has 0 bridgehead atoms. The predicted octanol–water partition coefficient (Wildman–Crippen LogP) is 1.16. The van der Waals surface area contributed by atoms with Crippen molar-refractivity contribution in [3.05, 3.63) is 16.5 Å². The van der Waals surface area contributed by atoms with Crippen LogP contribution in [0.25, 0.3) is 0 Å². The Balaban J connectivity index is 2.81. The highest BCUT2D eigenvalue weighted by Crippen LogP contribution is 2.27. The first kappa shape index (κ1) is 15.2. The van der Waals surface area contributed by atoms with Crippen molar-refractivity contribution in [2.24, 2.45) is 0 Å². The molecule has 0 unspecified atom stereocenters. The molecule has 0 saturated heterocycles. The molecule has 0 aliphatic carbocycles. The molecule has 10 heteroatoms. The molecule has 0 saturated carbocycles. The normalized spacial score (nSPS) is 10.8. The Labute approximate surface area is 113 Å². The minimum atomic E-state index is -4.14. The van der Waals surface area contributed by atoms with Gasteiger partial charge in [0.1, 0.15) is 9.88 Å². The van der Waals surface area contributed by atoms with Crippen molar-refractivity contribution in [3.8, 4) is 0 Å². The van der Waals surface area contributed by atoms with Gasteiger partial charge in [0.2, 0.25) is 0 Å². The van der Waals surface area contributed by atoms with Crippen LogP contribution in [0.4, 0.5) is 9.80 Å². The molecule has 1 rings (SSSR count). The summed E-state index contributed by atoms with van der Waals surface area (Å²) in [6.07, 6.45) is -1.11. The minimum Gasteiger partial charge on any atom is -0.477 e. The molecular weight excluding hydrogens is 296 g/mol. The average molecular weight is 308 g/mol. The molecule has 8 nitrogen and oxygen atoms in total. The van der Waals surface area contributed by atoms with Gasteiger partial charge in [-0.2, -0.15) is 8.42 Å². The number of carbonyl (C=O) groups excluding carboxylic acids is 1. The number of aryl methyl sites for hydroxylation is 1. The van der Waals surface area contributed by atoms with E-state index in [4.69, 9.17) is 5.11 Å². The molecule has 3 N–H and O–H groups in total. The number of carboxylic acid groups (broad SMARTS) is 1. The Morgan fingerprint density at radius 1 is 1.47 bits per heavy atom. The highest BCUT2D eigenvalue weighted by atomic mass is 32.2. The maximum Gasteiger partial charge on any atom is 0.422 e. The van der Waals surface area contributed by atoms with Gasteiger partial charge in [-0.1, -0.05) is 0 Å². The summed E-state index contributed by atoms with van der Waals surface area (Å²) in [5, 5.41) is 8.93. The Kier molecular flexibility index (Phi) is 4.72. The van der Waals surface area contributed by atoms with E-state index in [0.29, 0.717) is 5.56 Å². The van der Waals surface area contributed by atoms with Crippen molar-refractivity contribution in [1.82, 2.24) is 4.72 Å². The molecule has 0 atom stereocenters. The number of amides is 1. The molecule has 1 aromatic heterocycles. The second-order valence-electron chi connectivity index (χ2n) is 3.36. The van der Waals surface area contributed by atoms with Gasteiger partial charge in [-0.3, -0.25) is 4.72 Å². The fourth-order valence-corrected chi connectivity index (χ4v) is 3.08. The van der Waals surface area contributed by atoms with Crippen molar-refractivity contribution in [2.75, 3.05) is 11.3 Å². The van der Waals surface area contributed by atoms with Crippen LogP contribution in [-0.2, 0) is 14.9 Å². The lowest BCUT2D eigenvalue weighted by Gasteiger charge is -2.07. The number of thiophene rings is 1. The van der Waals surface area contributed by atoms with Crippen LogP contribution in [0, 0.1) is 6.92 Å². The van der Waals surface area contributed by atoms with E-state index in [0.717, 1.165) is 11.3 Å². The minimum absolute atomic E-state index is 0.0221. The maximum absolute atomic E-state index is 11.5. The SMILES string of the molecule is CCOC(=O)NS(=O)(=O)Nc1cc(C)c(C(=O)O)s1. The zero-order valence-corrected chi connectivity index (χ0v) is 11.7. The summed E-state index contributed by atoms with van der Waals surface area (Å²) >= 11 is 0.753. The summed E-state index contributed by atoms with van der Waals surface area (Å²) in [5.74, 6) is -1.15. The number of ether oxygens (including phenoxy) is 1. The predicted molar refractivity (Wildman–Crippen MR) is 68.7 cm³/mol. The number of anilines is 1. The first-order valence-corrected chi connectivity index (χ1v) is 7.36. The van der Waals surface area contributed by atoms with E-state index in [2.05, 4.69) is 4.74 Å². The van der Waals surface area contributed by atoms with Crippen LogP contribution in [0.2, 0.25) is 0 Å². The van der Waals surface area contributed by atoms with Crippen LogP contribution in [0.1, 0.15) is 22.2 Å². The Morgan fingerprint density at radius 3 is 2.58 bits per heavy atom. The Bertz CT molecular complexity index is 592. The number of aromatic carboxylic acids is 1. The lowest BCUT2D eigenvalue weighted by atomic mass is 10.3. The zero-order chi connectivity index (χ0) is 14.6. The summed E-state index contributed by atoms with van der Waals surface area (Å²) in [5.41, 5.74) is 0.423. The number of nitrogens with one attached hydrogen (secondary N) is 2. The first-order valence-electron chi connectivity index (χ1n) is 5.06. The number of hydrogen-bond acceptors (Lipinski definition) is 6. The van der Waals surface area contributed by atoms with E-state index in [-0.39, 0.29) is 16.5 Å². The lowest BCUT2D eigenvalue weighted by molar-refractivity contribution is 0.0701. The number of carboxylic acids is 1. The van der Waals surface area contributed by atoms with Crippen LogP contribution in [0.15, 0.2) is 6.07 Å². The van der Waals surface area contributed by atoms with Crippen molar-refractivity contribution < 1.29 is 27.9 Å². The monoisotopic (exact) mass is 308 g/mol. The summed E-state index contributed by atoms with van der Waals surface area (Å²) in [6.45, 7) is 3.10. The molecule has 0 spiro atoms. The molecule has 1 heterocycles. The van der Waals surface area contributed by atoms with Crippen molar-refractivity contribution in [2.45, 2.75) is 13.8 Å². The van der Waals surface area contributed by atoms with E-state index in [1.54, 1.807) is 4.72 Å². The van der Waals surface area contributed by atoms with Crippen molar-refractivity contribution in [1.29, 1.82) is 0 Å². The fraction of sp³-hybridized carbons (Fsp3) is 0.333. The summed E-state index contributed by atoms with van der Waals surface area (Å²) in [4.78, 5) is 21.8. The molecule has 1 amide bonds. The van der Waals surface area contributed by atoms with Gasteiger partial charge in [-0.15, -0.1) is 11.3 Å². The second-order valence-corrected chi connectivity index (χ2v) is 5.82. The lowest BCUT2D eigenvalue weighted by Crippen LogP contribution is -2.35. The second kappa shape index (κ2) is 5.89.